The molecular weight excluding hydrogens is 411 g/mol. The summed E-state index contributed by atoms with van der Waals surface area (Å²) in [7, 11) is -1.62. The van der Waals surface area contributed by atoms with Gasteiger partial charge in [0.1, 0.15) is 0 Å². The molecule has 24 heavy (non-hydrogen) atoms. The minimum Gasteiger partial charge on any atom is -1.00 e. The molecule has 1 aromatic carbocycles. The van der Waals surface area contributed by atoms with Gasteiger partial charge in [0.05, 0.1) is 8.07 Å². The van der Waals surface area contributed by atoms with Gasteiger partial charge in [-0.15, -0.1) is 13.3 Å². The van der Waals surface area contributed by atoms with Gasteiger partial charge in [0, 0.05) is 0 Å². The molecule has 5 heteroatoms. The van der Waals surface area contributed by atoms with Gasteiger partial charge in [0.15, 0.2) is 0 Å². The SMILES string of the molecule is CC1=CC[C-]=C1[Si](C)(c1ccccc1)C1CCCCC1.[Cl-].[Cl-].[Cl-].[Ti+4]. The fourth-order valence-corrected chi connectivity index (χ4v) is 9.20. The zero-order valence-corrected chi connectivity index (χ0v) is 19.2. The maximum absolute atomic E-state index is 3.73. The van der Waals surface area contributed by atoms with Gasteiger partial charge in [-0.1, -0.05) is 74.2 Å². The molecule has 1 fully saturated rings. The molecule has 0 nitrogen and oxygen atoms in total. The fraction of sp³-hybridized carbons (Fsp3) is 0.474. The summed E-state index contributed by atoms with van der Waals surface area (Å²) >= 11 is 0. The van der Waals surface area contributed by atoms with Crippen molar-refractivity contribution in [3.8, 4) is 0 Å². The van der Waals surface area contributed by atoms with Crippen molar-refractivity contribution in [2.45, 2.75) is 57.5 Å². The van der Waals surface area contributed by atoms with E-state index in [2.05, 4.69) is 56.0 Å². The van der Waals surface area contributed by atoms with Crippen molar-refractivity contribution >= 4 is 13.3 Å². The van der Waals surface area contributed by atoms with E-state index in [4.69, 9.17) is 0 Å². The first kappa shape index (κ1) is 26.7. The van der Waals surface area contributed by atoms with Crippen molar-refractivity contribution in [3.63, 3.8) is 0 Å². The number of allylic oxidation sites excluding steroid dienone is 4. The van der Waals surface area contributed by atoms with E-state index in [-0.39, 0.29) is 58.9 Å². The summed E-state index contributed by atoms with van der Waals surface area (Å²) in [6.45, 7) is 4.90. The van der Waals surface area contributed by atoms with E-state index in [1.54, 1.807) is 10.4 Å². The summed E-state index contributed by atoms with van der Waals surface area (Å²) in [5, 5.41) is 3.22. The fourth-order valence-electron chi connectivity index (χ4n) is 4.19. The average Bonchev–Trinajstić information content (AvgIpc) is 2.95. The van der Waals surface area contributed by atoms with Gasteiger partial charge in [-0.25, -0.2) is 10.8 Å². The molecule has 0 radical (unpaired) electrons. The van der Waals surface area contributed by atoms with E-state index in [1.165, 1.54) is 37.7 Å². The number of hydrogen-bond donors (Lipinski definition) is 0. The summed E-state index contributed by atoms with van der Waals surface area (Å²) in [6, 6.07) is 11.3. The van der Waals surface area contributed by atoms with Crippen LogP contribution in [-0.2, 0) is 21.7 Å². The van der Waals surface area contributed by atoms with Gasteiger partial charge in [-0.2, -0.15) is 6.08 Å². The number of rotatable bonds is 3. The largest absolute Gasteiger partial charge is 4.00 e. The van der Waals surface area contributed by atoms with E-state index in [0.29, 0.717) is 0 Å². The zero-order chi connectivity index (χ0) is 14.0. The molecule has 3 rings (SSSR count). The number of halogens is 3. The van der Waals surface area contributed by atoms with Gasteiger partial charge in [-0.3, -0.25) is 6.08 Å². The van der Waals surface area contributed by atoms with Gasteiger partial charge >= 0.3 is 21.7 Å². The first-order chi connectivity index (χ1) is 9.73. The Kier molecular flexibility index (Phi) is 13.4. The Morgan fingerprint density at radius 3 is 2.04 bits per heavy atom. The second kappa shape index (κ2) is 12.0. The molecule has 0 bridgehead atoms. The van der Waals surface area contributed by atoms with Crippen LogP contribution in [0.2, 0.25) is 12.1 Å². The normalized spacial score (nSPS) is 19.2. The summed E-state index contributed by atoms with van der Waals surface area (Å²) < 4.78 is 0. The number of benzene rings is 1. The molecule has 1 unspecified atom stereocenters. The molecule has 0 N–H and O–H groups in total. The van der Waals surface area contributed by atoms with Crippen LogP contribution in [0, 0.1) is 6.08 Å². The van der Waals surface area contributed by atoms with Crippen LogP contribution in [0.1, 0.15) is 45.4 Å². The second-order valence-electron chi connectivity index (χ2n) is 6.55. The first-order valence-corrected chi connectivity index (χ1v) is 10.6. The molecule has 2 aliphatic carbocycles. The minimum absolute atomic E-state index is 0. The van der Waals surface area contributed by atoms with Crippen LogP contribution in [-0.4, -0.2) is 8.07 Å². The summed E-state index contributed by atoms with van der Waals surface area (Å²) in [5.74, 6) is 0. The Morgan fingerprint density at radius 2 is 1.54 bits per heavy atom. The predicted octanol–water partition coefficient (Wildman–Crippen LogP) is -4.07. The van der Waals surface area contributed by atoms with Crippen molar-refractivity contribution in [2.24, 2.45) is 0 Å². The van der Waals surface area contributed by atoms with Crippen LogP contribution >= 0.6 is 0 Å². The molecular formula is C19H25Cl3SiTi. The quantitative estimate of drug-likeness (QED) is 0.335. The van der Waals surface area contributed by atoms with Crippen molar-refractivity contribution in [1.29, 1.82) is 0 Å². The zero-order valence-electron chi connectivity index (χ0n) is 14.4. The van der Waals surface area contributed by atoms with Crippen LogP contribution in [0.4, 0.5) is 0 Å². The molecule has 0 saturated heterocycles. The van der Waals surface area contributed by atoms with Gasteiger partial charge in [0.2, 0.25) is 0 Å². The Hall–Kier alpha value is 0.501. The van der Waals surface area contributed by atoms with E-state index in [9.17, 15) is 0 Å². The van der Waals surface area contributed by atoms with Crippen LogP contribution in [0.15, 0.2) is 47.2 Å². The van der Waals surface area contributed by atoms with Crippen LogP contribution in [0.25, 0.3) is 0 Å². The van der Waals surface area contributed by atoms with E-state index < -0.39 is 8.07 Å². The second-order valence-corrected chi connectivity index (χ2v) is 10.8. The van der Waals surface area contributed by atoms with E-state index in [1.807, 2.05) is 0 Å². The van der Waals surface area contributed by atoms with Crippen molar-refractivity contribution in [1.82, 2.24) is 0 Å². The predicted molar refractivity (Wildman–Crippen MR) is 89.7 cm³/mol. The monoisotopic (exact) mass is 434 g/mol. The van der Waals surface area contributed by atoms with Crippen LogP contribution in [0.3, 0.4) is 0 Å². The standard InChI is InChI=1S/C19H25Si.3ClH.Ti/c1-16-10-9-15-19(16)20(2,17-11-5-3-6-12-17)18-13-7-4-8-14-18;;;;/h3,5-6,10-12,18H,4,7-9,13-14H2,1-2H3;3*1H;/q-1;;;;+4/p-3. The maximum Gasteiger partial charge on any atom is 4.00 e. The smallest absolute Gasteiger partial charge is 1.00 e. The van der Waals surface area contributed by atoms with E-state index >= 15 is 0 Å². The van der Waals surface area contributed by atoms with Crippen molar-refractivity contribution < 1.29 is 58.9 Å². The molecule has 0 amide bonds. The third kappa shape index (κ3) is 5.25. The van der Waals surface area contributed by atoms with Gasteiger partial charge in [-0.05, 0) is 5.54 Å². The molecule has 0 heterocycles. The van der Waals surface area contributed by atoms with Crippen molar-refractivity contribution in [2.75, 3.05) is 0 Å². The minimum atomic E-state index is -1.62. The number of hydrogen-bond acceptors (Lipinski definition) is 0. The molecule has 1 atom stereocenters. The summed E-state index contributed by atoms with van der Waals surface area (Å²) in [4.78, 5) is 0. The average molecular weight is 436 g/mol. The molecule has 0 aromatic heterocycles. The maximum atomic E-state index is 3.73. The molecule has 130 valence electrons. The Labute approximate surface area is 182 Å². The Morgan fingerprint density at radius 1 is 0.958 bits per heavy atom. The summed E-state index contributed by atoms with van der Waals surface area (Å²) in [5.41, 5.74) is 2.41. The summed E-state index contributed by atoms with van der Waals surface area (Å²) in [6.07, 6.45) is 14.3. The topological polar surface area (TPSA) is 0 Å². The van der Waals surface area contributed by atoms with Crippen molar-refractivity contribution in [3.05, 3.63) is 53.3 Å². The third-order valence-corrected chi connectivity index (χ3v) is 10.7. The third-order valence-electron chi connectivity index (χ3n) is 5.40. The first-order valence-electron chi connectivity index (χ1n) is 8.07. The van der Waals surface area contributed by atoms with Gasteiger partial charge in [0.25, 0.3) is 0 Å². The Bertz CT molecular complexity index is 539. The Balaban J connectivity index is 0. The van der Waals surface area contributed by atoms with E-state index in [0.717, 1.165) is 12.0 Å². The molecule has 0 spiro atoms. The molecule has 0 aliphatic heterocycles. The van der Waals surface area contributed by atoms with Crippen LogP contribution in [0.5, 0.6) is 0 Å². The molecule has 2 aliphatic rings. The molecule has 1 saturated carbocycles. The van der Waals surface area contributed by atoms with Crippen LogP contribution < -0.4 is 42.4 Å². The molecule has 1 aromatic rings. The van der Waals surface area contributed by atoms with Gasteiger partial charge < -0.3 is 37.2 Å².